The van der Waals surface area contributed by atoms with Gasteiger partial charge in [-0.15, -0.1) is 0 Å². The molecule has 1 aliphatic rings. The Bertz CT molecular complexity index is 1530. The van der Waals surface area contributed by atoms with Gasteiger partial charge in [-0.3, -0.25) is 24.0 Å². The van der Waals surface area contributed by atoms with E-state index in [-0.39, 0.29) is 35.9 Å². The van der Waals surface area contributed by atoms with Gasteiger partial charge < -0.3 is 42.3 Å². The van der Waals surface area contributed by atoms with Crippen molar-refractivity contribution in [2.45, 2.75) is 117 Å². The van der Waals surface area contributed by atoms with Gasteiger partial charge in [-0.25, -0.2) is 4.79 Å². The summed E-state index contributed by atoms with van der Waals surface area (Å²) in [5, 5.41) is 0.304. The summed E-state index contributed by atoms with van der Waals surface area (Å²) in [7, 11) is 0. The van der Waals surface area contributed by atoms with Crippen LogP contribution < -0.4 is 19.8 Å². The molecule has 0 aliphatic carbocycles. The third kappa shape index (κ3) is 11.5. The molecule has 15 nitrogen and oxygen atoms in total. The minimum absolute atomic E-state index is 0.00220. The maximum atomic E-state index is 13.0. The van der Waals surface area contributed by atoms with Crippen molar-refractivity contribution in [3.63, 3.8) is 0 Å². The zero-order chi connectivity index (χ0) is 36.1. The first-order chi connectivity index (χ1) is 23.3. The Morgan fingerprint density at radius 1 is 0.755 bits per heavy atom. The Labute approximate surface area is 283 Å². The molecule has 1 aliphatic heterocycles. The number of fused-ring (bicyclic) bond motifs is 1. The smallest absolute Gasteiger partial charge is 0.383 e. The minimum atomic E-state index is -1.52. The number of benzene rings is 1. The highest BCUT2D eigenvalue weighted by Gasteiger charge is 2.53. The summed E-state index contributed by atoms with van der Waals surface area (Å²) in [5.74, 6) is -4.01. The molecule has 0 unspecified atom stereocenters. The zero-order valence-electron chi connectivity index (χ0n) is 28.6. The van der Waals surface area contributed by atoms with Gasteiger partial charge in [0.25, 0.3) is 5.75 Å². The number of esters is 5. The number of carbonyl (C=O) groups excluding carboxylic acids is 5. The van der Waals surface area contributed by atoms with Crippen LogP contribution in [0, 0.1) is 0 Å². The number of hydrogen-bond donors (Lipinski definition) is 0. The first kappa shape index (κ1) is 38.8. The van der Waals surface area contributed by atoms with Crippen LogP contribution in [-0.4, -0.2) is 73.8 Å². The minimum Gasteiger partial charge on any atom is -0.489 e. The molecule has 0 bridgehead atoms. The first-order valence-electron chi connectivity index (χ1n) is 16.3. The van der Waals surface area contributed by atoms with Crippen LogP contribution in [-0.2, 0) is 47.7 Å². The van der Waals surface area contributed by atoms with Gasteiger partial charge in [0.1, 0.15) is 24.0 Å². The van der Waals surface area contributed by atoms with Gasteiger partial charge in [-0.05, 0) is 18.6 Å². The van der Waals surface area contributed by atoms with E-state index in [9.17, 15) is 28.8 Å². The lowest BCUT2D eigenvalue weighted by Crippen LogP contribution is -2.63. The van der Waals surface area contributed by atoms with Crippen LogP contribution in [0.2, 0.25) is 0 Å². The molecule has 5 atom stereocenters. The van der Waals surface area contributed by atoms with Crippen molar-refractivity contribution in [1.82, 2.24) is 0 Å². The van der Waals surface area contributed by atoms with E-state index < -0.39 is 72.8 Å². The van der Waals surface area contributed by atoms with Crippen LogP contribution in [0.5, 0.6) is 17.2 Å². The van der Waals surface area contributed by atoms with Gasteiger partial charge in [-0.1, -0.05) is 46.0 Å². The maximum Gasteiger partial charge on any atom is 0.383 e. The van der Waals surface area contributed by atoms with E-state index in [1.54, 1.807) is 6.92 Å². The monoisotopic (exact) mass is 692 g/mol. The van der Waals surface area contributed by atoms with E-state index >= 15 is 0 Å². The lowest BCUT2D eigenvalue weighted by Gasteiger charge is -2.43. The molecule has 0 amide bonds. The van der Waals surface area contributed by atoms with Crippen molar-refractivity contribution in [1.29, 1.82) is 0 Å². The molecule has 1 saturated heterocycles. The van der Waals surface area contributed by atoms with Crippen LogP contribution >= 0.6 is 0 Å². The van der Waals surface area contributed by atoms with Gasteiger partial charge in [0.15, 0.2) is 18.0 Å². The molecular formula is C34H44O15. The number of carbonyl (C=O) groups is 5. The highest BCUT2D eigenvalue weighted by molar-refractivity contribution is 5.88. The summed E-state index contributed by atoms with van der Waals surface area (Å²) in [6.07, 6.45) is -1.00. The average molecular weight is 693 g/mol. The Hall–Kier alpha value is -4.66. The predicted octanol–water partition coefficient (Wildman–Crippen LogP) is 4.31. The maximum absolute atomic E-state index is 13.0. The molecule has 0 saturated carbocycles. The van der Waals surface area contributed by atoms with Crippen molar-refractivity contribution in [3.05, 3.63) is 28.6 Å². The average Bonchev–Trinajstić information content (AvgIpc) is 3.02. The van der Waals surface area contributed by atoms with Crippen molar-refractivity contribution in [2.75, 3.05) is 13.2 Å². The Morgan fingerprint density at radius 3 is 2.02 bits per heavy atom. The van der Waals surface area contributed by atoms with Crippen molar-refractivity contribution < 1.29 is 66.3 Å². The van der Waals surface area contributed by atoms with E-state index in [0.29, 0.717) is 11.8 Å². The Balaban J connectivity index is 2.00. The third-order valence-electron chi connectivity index (χ3n) is 7.24. The molecule has 2 aromatic rings. The standard InChI is InChI=1S/C34H44O15/c1-7-9-10-11-12-13-16-41-28-24-15-14-23(17-25(24)47-33(40)31(28)49-27(39)8-2)46-34-32(45-22(6)38)30(44-21(5)37)29(43-20(4)36)26(48-34)18-42-19(3)35/h14-15,17,26,29-30,32,34H,7-13,16,18H2,1-6H3/t26-,29-,30+,32+,34+/m1/s1. The topological polar surface area (TPSA) is 189 Å². The molecule has 3 rings (SSSR count). The van der Waals surface area contributed by atoms with Crippen LogP contribution in [0.1, 0.15) is 86.5 Å². The summed E-state index contributed by atoms with van der Waals surface area (Å²) in [6, 6.07) is 4.33. The van der Waals surface area contributed by atoms with Crippen molar-refractivity contribution in [3.8, 4) is 17.2 Å². The largest absolute Gasteiger partial charge is 0.489 e. The van der Waals surface area contributed by atoms with Gasteiger partial charge in [-0.2, -0.15) is 0 Å². The summed E-state index contributed by atoms with van der Waals surface area (Å²) in [5.41, 5.74) is -0.959. The van der Waals surface area contributed by atoms with Gasteiger partial charge in [0.2, 0.25) is 12.4 Å². The van der Waals surface area contributed by atoms with Crippen LogP contribution in [0.25, 0.3) is 11.0 Å². The molecular weight excluding hydrogens is 648 g/mol. The number of unbranched alkanes of at least 4 members (excludes halogenated alkanes) is 5. The SMILES string of the molecule is CCCCCCCCOc1c(OC(=O)CC)c(=O)oc2cc(O[C@H]3O[C@H](COC(C)=O)[C@@H](OC(C)=O)[C@H](OC(C)=O)[C@@H]3OC(C)=O)ccc12. The van der Waals surface area contributed by atoms with E-state index in [2.05, 4.69) is 6.92 Å². The molecule has 1 aromatic carbocycles. The second kappa shape index (κ2) is 18.8. The van der Waals surface area contributed by atoms with E-state index in [0.717, 1.165) is 59.8 Å². The fourth-order valence-electron chi connectivity index (χ4n) is 5.10. The third-order valence-corrected chi connectivity index (χ3v) is 7.24. The molecule has 0 spiro atoms. The fraction of sp³-hybridized carbons (Fsp3) is 0.588. The lowest BCUT2D eigenvalue weighted by atomic mass is 9.98. The molecule has 15 heteroatoms. The van der Waals surface area contributed by atoms with E-state index in [1.165, 1.54) is 18.2 Å². The molecule has 1 aromatic heterocycles. The number of rotatable bonds is 17. The second-order valence-electron chi connectivity index (χ2n) is 11.3. The number of ether oxygens (including phenoxy) is 8. The predicted molar refractivity (Wildman–Crippen MR) is 170 cm³/mol. The van der Waals surface area contributed by atoms with Crippen molar-refractivity contribution >= 4 is 40.8 Å². The zero-order valence-corrected chi connectivity index (χ0v) is 28.6. The highest BCUT2D eigenvalue weighted by atomic mass is 16.7. The van der Waals surface area contributed by atoms with Crippen molar-refractivity contribution in [2.24, 2.45) is 0 Å². The van der Waals surface area contributed by atoms with Gasteiger partial charge in [0, 0.05) is 40.2 Å². The second-order valence-corrected chi connectivity index (χ2v) is 11.3. The van der Waals surface area contributed by atoms with Gasteiger partial charge in [0.05, 0.1) is 12.0 Å². The highest BCUT2D eigenvalue weighted by Crippen LogP contribution is 2.37. The summed E-state index contributed by atoms with van der Waals surface area (Å²) >= 11 is 0. The normalized spacial score (nSPS) is 20.2. The Kier molecular flexibility index (Phi) is 14.9. The molecule has 270 valence electrons. The van der Waals surface area contributed by atoms with Crippen LogP contribution in [0.3, 0.4) is 0 Å². The van der Waals surface area contributed by atoms with Gasteiger partial charge >= 0.3 is 35.5 Å². The first-order valence-corrected chi connectivity index (χ1v) is 16.3. The van der Waals surface area contributed by atoms with Crippen LogP contribution in [0.15, 0.2) is 27.4 Å². The van der Waals surface area contributed by atoms with E-state index in [4.69, 9.17) is 42.3 Å². The summed E-state index contributed by atoms with van der Waals surface area (Å²) < 4.78 is 50.2. The number of hydrogen-bond acceptors (Lipinski definition) is 15. The Morgan fingerprint density at radius 2 is 1.39 bits per heavy atom. The quantitative estimate of drug-likeness (QED) is 0.0986. The summed E-state index contributed by atoms with van der Waals surface area (Å²) in [4.78, 5) is 73.1. The summed E-state index contributed by atoms with van der Waals surface area (Å²) in [6.45, 7) is 8.01. The molecule has 2 heterocycles. The molecule has 49 heavy (non-hydrogen) atoms. The molecule has 1 fully saturated rings. The van der Waals surface area contributed by atoms with Crippen LogP contribution in [0.4, 0.5) is 0 Å². The van der Waals surface area contributed by atoms with E-state index in [1.807, 2.05) is 0 Å². The lowest BCUT2D eigenvalue weighted by molar-refractivity contribution is -0.288. The fourth-order valence-corrected chi connectivity index (χ4v) is 5.10. The molecule has 0 radical (unpaired) electrons. The molecule has 0 N–H and O–H groups in total.